The number of hydrogen-bond donors (Lipinski definition) is 0. The van der Waals surface area contributed by atoms with Gasteiger partial charge in [-0.2, -0.15) is 0 Å². The SMILES string of the molecule is C=Nc1nc(-c2cccc(N(C)Cc3ccc(C)cc3)n2)cs1. The Kier molecular flexibility index (Phi) is 4.48. The molecular weight excluding hydrogens is 304 g/mol. The Labute approximate surface area is 140 Å². The highest BCUT2D eigenvalue weighted by atomic mass is 32.1. The van der Waals surface area contributed by atoms with Gasteiger partial charge < -0.3 is 4.90 Å². The van der Waals surface area contributed by atoms with E-state index in [1.807, 2.05) is 30.6 Å². The van der Waals surface area contributed by atoms with Crippen molar-refractivity contribution in [1.29, 1.82) is 0 Å². The molecule has 116 valence electrons. The molecule has 5 heteroatoms. The van der Waals surface area contributed by atoms with Crippen LogP contribution in [0.4, 0.5) is 10.9 Å². The van der Waals surface area contributed by atoms with Crippen LogP contribution in [0.5, 0.6) is 0 Å². The van der Waals surface area contributed by atoms with Crippen molar-refractivity contribution in [3.63, 3.8) is 0 Å². The Hall–Kier alpha value is -2.53. The fraction of sp³-hybridized carbons (Fsp3) is 0.167. The van der Waals surface area contributed by atoms with Crippen LogP contribution >= 0.6 is 11.3 Å². The summed E-state index contributed by atoms with van der Waals surface area (Å²) in [6, 6.07) is 14.5. The van der Waals surface area contributed by atoms with E-state index in [9.17, 15) is 0 Å². The predicted octanol–water partition coefficient (Wildman–Crippen LogP) is 4.48. The molecule has 23 heavy (non-hydrogen) atoms. The van der Waals surface area contributed by atoms with Crippen LogP contribution < -0.4 is 4.90 Å². The number of anilines is 1. The molecule has 0 aliphatic rings. The number of thiazole rings is 1. The molecule has 0 radical (unpaired) electrons. The van der Waals surface area contributed by atoms with Crippen molar-refractivity contribution in [2.45, 2.75) is 13.5 Å². The van der Waals surface area contributed by atoms with Crippen molar-refractivity contribution < 1.29 is 0 Å². The fourth-order valence-electron chi connectivity index (χ4n) is 2.28. The van der Waals surface area contributed by atoms with E-state index in [0.29, 0.717) is 5.13 Å². The van der Waals surface area contributed by atoms with E-state index in [4.69, 9.17) is 4.98 Å². The second-order valence-corrected chi connectivity index (χ2v) is 6.23. The number of nitrogens with zero attached hydrogens (tertiary/aromatic N) is 4. The molecule has 3 rings (SSSR count). The monoisotopic (exact) mass is 322 g/mol. The van der Waals surface area contributed by atoms with Gasteiger partial charge in [0.25, 0.3) is 0 Å². The van der Waals surface area contributed by atoms with E-state index in [1.165, 1.54) is 22.5 Å². The summed E-state index contributed by atoms with van der Waals surface area (Å²) in [5.41, 5.74) is 4.22. The molecule has 0 fully saturated rings. The van der Waals surface area contributed by atoms with Crippen molar-refractivity contribution >= 4 is 29.0 Å². The number of aliphatic imine (C=N–C) groups is 1. The van der Waals surface area contributed by atoms with Crippen LogP contribution in [0.3, 0.4) is 0 Å². The van der Waals surface area contributed by atoms with Crippen LogP contribution in [0.1, 0.15) is 11.1 Å². The van der Waals surface area contributed by atoms with Gasteiger partial charge in [0, 0.05) is 19.0 Å². The largest absolute Gasteiger partial charge is 0.355 e. The van der Waals surface area contributed by atoms with E-state index in [0.717, 1.165) is 23.8 Å². The van der Waals surface area contributed by atoms with Gasteiger partial charge in [-0.25, -0.2) is 15.0 Å². The Morgan fingerprint density at radius 3 is 2.57 bits per heavy atom. The van der Waals surface area contributed by atoms with Crippen molar-refractivity contribution in [3.05, 3.63) is 59.0 Å². The first-order valence-corrected chi connectivity index (χ1v) is 8.20. The summed E-state index contributed by atoms with van der Waals surface area (Å²) < 4.78 is 0. The highest BCUT2D eigenvalue weighted by molar-refractivity contribution is 7.13. The summed E-state index contributed by atoms with van der Waals surface area (Å²) in [4.78, 5) is 15.1. The zero-order valence-corrected chi connectivity index (χ0v) is 14.0. The number of aryl methyl sites for hydroxylation is 1. The first kappa shape index (κ1) is 15.4. The number of hydrogen-bond acceptors (Lipinski definition) is 5. The lowest BCUT2D eigenvalue weighted by atomic mass is 10.1. The molecule has 1 aromatic carbocycles. The van der Waals surface area contributed by atoms with Gasteiger partial charge in [0.05, 0.1) is 5.69 Å². The van der Waals surface area contributed by atoms with Gasteiger partial charge in [0.1, 0.15) is 11.5 Å². The zero-order valence-electron chi connectivity index (χ0n) is 13.2. The predicted molar refractivity (Wildman–Crippen MR) is 97.8 cm³/mol. The highest BCUT2D eigenvalue weighted by Crippen LogP contribution is 2.26. The summed E-state index contributed by atoms with van der Waals surface area (Å²) >= 11 is 1.47. The first-order chi connectivity index (χ1) is 11.2. The van der Waals surface area contributed by atoms with Crippen molar-refractivity contribution in [2.75, 3.05) is 11.9 Å². The van der Waals surface area contributed by atoms with Crippen LogP contribution in [0.15, 0.2) is 52.8 Å². The molecule has 0 amide bonds. The van der Waals surface area contributed by atoms with Crippen LogP contribution in [0, 0.1) is 6.92 Å². The van der Waals surface area contributed by atoms with Gasteiger partial charge in [-0.15, -0.1) is 11.3 Å². The van der Waals surface area contributed by atoms with E-state index in [2.05, 4.69) is 52.8 Å². The molecule has 2 heterocycles. The van der Waals surface area contributed by atoms with Crippen molar-refractivity contribution in [2.24, 2.45) is 4.99 Å². The number of aromatic nitrogens is 2. The molecule has 2 aromatic heterocycles. The molecule has 0 N–H and O–H groups in total. The maximum atomic E-state index is 4.71. The molecule has 3 aromatic rings. The third-order valence-electron chi connectivity index (χ3n) is 3.56. The maximum Gasteiger partial charge on any atom is 0.209 e. The Morgan fingerprint density at radius 2 is 1.87 bits per heavy atom. The molecule has 0 aliphatic heterocycles. The topological polar surface area (TPSA) is 41.4 Å². The Morgan fingerprint density at radius 1 is 1.09 bits per heavy atom. The van der Waals surface area contributed by atoms with Gasteiger partial charge in [0.2, 0.25) is 5.13 Å². The molecule has 4 nitrogen and oxygen atoms in total. The van der Waals surface area contributed by atoms with Gasteiger partial charge >= 0.3 is 0 Å². The van der Waals surface area contributed by atoms with Crippen LogP contribution in [-0.2, 0) is 6.54 Å². The van der Waals surface area contributed by atoms with Gasteiger partial charge in [0.15, 0.2) is 0 Å². The fourth-order valence-corrected chi connectivity index (χ4v) is 2.90. The summed E-state index contributed by atoms with van der Waals surface area (Å²) in [5, 5.41) is 2.62. The van der Waals surface area contributed by atoms with Gasteiger partial charge in [-0.1, -0.05) is 35.9 Å². The molecule has 0 saturated carbocycles. The average Bonchev–Trinajstić information content (AvgIpc) is 3.06. The summed E-state index contributed by atoms with van der Waals surface area (Å²) in [6.45, 7) is 6.41. The van der Waals surface area contributed by atoms with Gasteiger partial charge in [-0.05, 0) is 31.3 Å². The van der Waals surface area contributed by atoms with Crippen molar-refractivity contribution in [3.8, 4) is 11.4 Å². The van der Waals surface area contributed by atoms with Crippen LogP contribution in [-0.4, -0.2) is 23.7 Å². The quantitative estimate of drug-likeness (QED) is 0.650. The highest BCUT2D eigenvalue weighted by Gasteiger charge is 2.08. The minimum atomic E-state index is 0.667. The molecule has 0 aliphatic carbocycles. The number of pyridine rings is 1. The second-order valence-electron chi connectivity index (χ2n) is 5.40. The van der Waals surface area contributed by atoms with E-state index in [1.54, 1.807) is 0 Å². The van der Waals surface area contributed by atoms with Crippen LogP contribution in [0.2, 0.25) is 0 Å². The minimum absolute atomic E-state index is 0.667. The first-order valence-electron chi connectivity index (χ1n) is 7.32. The molecule has 0 atom stereocenters. The van der Waals surface area contributed by atoms with Crippen LogP contribution in [0.25, 0.3) is 11.4 Å². The summed E-state index contributed by atoms with van der Waals surface area (Å²) in [6.07, 6.45) is 0. The average molecular weight is 322 g/mol. The Bertz CT molecular complexity index is 808. The molecule has 0 spiro atoms. The molecular formula is C18H18N4S. The smallest absolute Gasteiger partial charge is 0.209 e. The summed E-state index contributed by atoms with van der Waals surface area (Å²) in [5.74, 6) is 0.921. The minimum Gasteiger partial charge on any atom is -0.355 e. The third kappa shape index (κ3) is 3.63. The standard InChI is InChI=1S/C18H18N4S/c1-13-7-9-14(10-8-13)11-22(3)17-6-4-5-15(20-17)16-12-23-18(19-2)21-16/h4-10,12H,2,11H2,1,3H3. The van der Waals surface area contributed by atoms with E-state index >= 15 is 0 Å². The molecule has 0 unspecified atom stereocenters. The van der Waals surface area contributed by atoms with Gasteiger partial charge in [-0.3, -0.25) is 0 Å². The Balaban J connectivity index is 1.81. The van der Waals surface area contributed by atoms with E-state index in [-0.39, 0.29) is 0 Å². The second kappa shape index (κ2) is 6.71. The maximum absolute atomic E-state index is 4.71. The molecule has 0 saturated heterocycles. The number of benzene rings is 1. The third-order valence-corrected chi connectivity index (χ3v) is 4.33. The van der Waals surface area contributed by atoms with Crippen molar-refractivity contribution in [1.82, 2.24) is 9.97 Å². The number of rotatable bonds is 5. The summed E-state index contributed by atoms with van der Waals surface area (Å²) in [7, 11) is 2.05. The lowest BCUT2D eigenvalue weighted by molar-refractivity contribution is 0.898. The molecule has 0 bridgehead atoms. The normalized spacial score (nSPS) is 10.5. The zero-order chi connectivity index (χ0) is 16.2. The lowest BCUT2D eigenvalue weighted by Gasteiger charge is -2.18. The lowest BCUT2D eigenvalue weighted by Crippen LogP contribution is -2.17. The van der Waals surface area contributed by atoms with E-state index < -0.39 is 0 Å².